The number of nitrogen functional groups attached to an aromatic ring is 1. The average molecular weight is 1010 g/mol. The second kappa shape index (κ2) is 22.1. The number of anilines is 3. The van der Waals surface area contributed by atoms with Gasteiger partial charge in [-0.05, 0) is 66.2 Å². The monoisotopic (exact) mass is 1010 g/mol. The molecule has 0 spiro atoms. The molecule has 4 fully saturated rings. The number of hydrogen-bond acceptors (Lipinski definition) is 18. The van der Waals surface area contributed by atoms with Gasteiger partial charge in [0.25, 0.3) is 5.88 Å². The summed E-state index contributed by atoms with van der Waals surface area (Å²) < 4.78 is 18.0. The molecule has 0 saturated carbocycles. The standard InChI is InChI=1S/C53H64N12O7S/c1-33(2)49(53(69)64-31-40(66)25-44(64)52(68)56-28-35-8-10-36(11-9-35)50-34(3)57-32-73-50)46-27-48(60-72-46)71-23-21-62-18-16-61(17-19-62)20-22-70-47-24-37(14-15-55-47)65-38-12-13-39(65)30-63(29-38)43-26-42(58-59-51(43)54)41-6-4-5-7-45(41)67/h4-11,14-15,24,26-27,32-33,38-40,44,49,66-67H,12-13,16-23,25,28-31H2,1-3H3,(H2,54,59)(H,56,68)/t38?,39?,40-,44+,49-/m1/s1. The van der Waals surface area contributed by atoms with Crippen molar-refractivity contribution in [1.29, 1.82) is 0 Å². The Morgan fingerprint density at radius 2 is 1.60 bits per heavy atom. The Balaban J connectivity index is 0.650. The largest absolute Gasteiger partial charge is 0.507 e. The molecule has 6 aromatic rings. The number of hydrogen-bond donors (Lipinski definition) is 4. The van der Waals surface area contributed by atoms with Gasteiger partial charge in [0.2, 0.25) is 17.7 Å². The summed E-state index contributed by atoms with van der Waals surface area (Å²) >= 11 is 1.59. The summed E-state index contributed by atoms with van der Waals surface area (Å²) in [6.45, 7) is 13.7. The van der Waals surface area contributed by atoms with Crippen LogP contribution in [0, 0.1) is 12.8 Å². The van der Waals surface area contributed by atoms with Crippen LogP contribution >= 0.6 is 11.3 Å². The molecule has 20 heteroatoms. The van der Waals surface area contributed by atoms with Gasteiger partial charge in [-0.1, -0.05) is 50.2 Å². The van der Waals surface area contributed by atoms with Crippen molar-refractivity contribution in [3.05, 3.63) is 102 Å². The first-order valence-electron chi connectivity index (χ1n) is 25.3. The fourth-order valence-corrected chi connectivity index (χ4v) is 11.6. The van der Waals surface area contributed by atoms with E-state index in [1.165, 1.54) is 4.90 Å². The number of phenolic OH excluding ortho intramolecular Hbond substituents is 1. The van der Waals surface area contributed by atoms with Gasteiger partial charge in [-0.25, -0.2) is 9.97 Å². The van der Waals surface area contributed by atoms with Gasteiger partial charge < -0.3 is 50.0 Å². The van der Waals surface area contributed by atoms with Gasteiger partial charge in [0.15, 0.2) is 11.6 Å². The summed E-state index contributed by atoms with van der Waals surface area (Å²) in [5.41, 5.74) is 14.3. The van der Waals surface area contributed by atoms with Crippen molar-refractivity contribution in [3.63, 3.8) is 0 Å². The van der Waals surface area contributed by atoms with E-state index in [0.29, 0.717) is 60.9 Å². The number of carbonyl (C=O) groups excluding carboxylic acids is 2. The number of aromatic hydroxyl groups is 1. The molecule has 8 heterocycles. The molecule has 19 nitrogen and oxygen atoms in total. The smallest absolute Gasteiger partial charge is 0.254 e. The molecule has 10 rings (SSSR count). The van der Waals surface area contributed by atoms with Crippen LogP contribution in [-0.2, 0) is 16.1 Å². The van der Waals surface area contributed by atoms with Gasteiger partial charge in [-0.15, -0.1) is 21.5 Å². The summed E-state index contributed by atoms with van der Waals surface area (Å²) in [6.07, 6.45) is 3.29. The Hall–Kier alpha value is -6.87. The van der Waals surface area contributed by atoms with Crippen LogP contribution < -0.4 is 30.3 Å². The third-order valence-electron chi connectivity index (χ3n) is 14.6. The van der Waals surface area contributed by atoms with Gasteiger partial charge >= 0.3 is 0 Å². The molecule has 0 aliphatic carbocycles. The number of para-hydroxylation sites is 1. The van der Waals surface area contributed by atoms with Gasteiger partial charge in [0.05, 0.1) is 33.6 Å². The third-order valence-corrected chi connectivity index (χ3v) is 15.6. The highest BCUT2D eigenvalue weighted by Gasteiger charge is 2.44. The maximum Gasteiger partial charge on any atom is 0.254 e. The number of nitrogens with one attached hydrogen (secondary N) is 1. The van der Waals surface area contributed by atoms with Crippen LogP contribution in [0.3, 0.4) is 0 Å². The number of benzene rings is 2. The lowest BCUT2D eigenvalue weighted by molar-refractivity contribution is -0.141. The van der Waals surface area contributed by atoms with E-state index in [-0.39, 0.29) is 48.5 Å². The zero-order chi connectivity index (χ0) is 50.6. The Kier molecular flexibility index (Phi) is 15.0. The number of rotatable bonds is 18. The molecule has 2 aromatic carbocycles. The number of fused-ring (bicyclic) bond motifs is 2. The molecule has 4 aliphatic heterocycles. The zero-order valence-corrected chi connectivity index (χ0v) is 42.4. The number of aromatic nitrogens is 5. The molecule has 4 aliphatic rings. The number of phenols is 1. The van der Waals surface area contributed by atoms with E-state index in [9.17, 15) is 19.8 Å². The Morgan fingerprint density at radius 3 is 2.29 bits per heavy atom. The number of nitrogens with zero attached hydrogens (tertiary/aromatic N) is 10. The lowest BCUT2D eigenvalue weighted by atomic mass is 9.91. The van der Waals surface area contributed by atoms with E-state index in [1.54, 1.807) is 29.5 Å². The highest BCUT2D eigenvalue weighted by molar-refractivity contribution is 7.13. The number of pyridine rings is 1. The van der Waals surface area contributed by atoms with E-state index in [2.05, 4.69) is 62.4 Å². The number of aryl methyl sites for hydroxylation is 1. The molecule has 5 N–H and O–H groups in total. The number of thiazole rings is 1. The minimum Gasteiger partial charge on any atom is -0.507 e. The summed E-state index contributed by atoms with van der Waals surface area (Å²) in [5.74, 6) is 0.321. The minimum atomic E-state index is -0.817. The quantitative estimate of drug-likeness (QED) is 0.0869. The van der Waals surface area contributed by atoms with Crippen molar-refractivity contribution in [2.24, 2.45) is 5.92 Å². The van der Waals surface area contributed by atoms with E-state index in [0.717, 1.165) is 91.7 Å². The van der Waals surface area contributed by atoms with Crippen LogP contribution in [-0.4, -0.2) is 158 Å². The van der Waals surface area contributed by atoms with Crippen LogP contribution in [0.2, 0.25) is 0 Å². The van der Waals surface area contributed by atoms with Crippen molar-refractivity contribution in [2.45, 2.75) is 76.7 Å². The second-order valence-corrected chi connectivity index (χ2v) is 20.7. The Labute approximate surface area is 428 Å². The molecule has 2 amide bonds. The van der Waals surface area contributed by atoms with Gasteiger partial charge in [-0.2, -0.15) is 0 Å². The number of aliphatic hydroxyl groups is 1. The van der Waals surface area contributed by atoms with Crippen LogP contribution in [0.15, 0.2) is 89.0 Å². The van der Waals surface area contributed by atoms with Crippen molar-refractivity contribution >= 4 is 40.3 Å². The molecule has 384 valence electrons. The van der Waals surface area contributed by atoms with Crippen molar-refractivity contribution in [1.82, 2.24) is 45.3 Å². The molecule has 2 unspecified atom stereocenters. The predicted octanol–water partition coefficient (Wildman–Crippen LogP) is 5.20. The van der Waals surface area contributed by atoms with Crippen LogP contribution in [0.5, 0.6) is 17.5 Å². The SMILES string of the molecule is Cc1ncsc1-c1ccc(CNC(=O)[C@@H]2C[C@@H](O)CN2C(=O)[C@@H](c2cc(OCCN3CCN(CCOc4cc(N5C6CCC5CN(c5cc(-c7ccccc7O)nnc5N)C6)ccn4)CC3)no2)C(C)C)cc1. The van der Waals surface area contributed by atoms with E-state index < -0.39 is 18.1 Å². The molecular formula is C53H64N12O7S. The minimum absolute atomic E-state index is 0.0575. The number of nitrogens with two attached hydrogens (primary N) is 1. The zero-order valence-electron chi connectivity index (χ0n) is 41.5. The normalized spacial score (nSPS) is 20.7. The topological polar surface area (TPSA) is 225 Å². The fourth-order valence-electron chi connectivity index (χ4n) is 10.8. The molecule has 0 radical (unpaired) electrons. The summed E-state index contributed by atoms with van der Waals surface area (Å²) in [4.78, 5) is 48.7. The highest BCUT2D eigenvalue weighted by atomic mass is 32.1. The number of carbonyl (C=O) groups is 2. The first-order chi connectivity index (χ1) is 35.4. The number of amides is 2. The van der Waals surface area contributed by atoms with E-state index >= 15 is 0 Å². The molecule has 4 saturated heterocycles. The molecule has 4 aromatic heterocycles. The molecule has 73 heavy (non-hydrogen) atoms. The van der Waals surface area contributed by atoms with Crippen LogP contribution in [0.25, 0.3) is 21.7 Å². The summed E-state index contributed by atoms with van der Waals surface area (Å²) in [6, 6.07) is 22.6. The molecular weight excluding hydrogens is 949 g/mol. The number of β-amino-alcohol motifs (C(OH)–C–C–N with tert-alkyl or cyclic N) is 1. The predicted molar refractivity (Wildman–Crippen MR) is 277 cm³/mol. The molecule has 5 atom stereocenters. The van der Waals surface area contributed by atoms with E-state index in [4.69, 9.17) is 19.7 Å². The first-order valence-corrected chi connectivity index (χ1v) is 26.2. The van der Waals surface area contributed by atoms with Gasteiger partial charge in [0, 0.05) is 114 Å². The highest BCUT2D eigenvalue weighted by Crippen LogP contribution is 2.40. The lowest BCUT2D eigenvalue weighted by Crippen LogP contribution is -2.54. The van der Waals surface area contributed by atoms with Crippen LogP contribution in [0.1, 0.15) is 56.0 Å². The second-order valence-electron chi connectivity index (χ2n) is 19.8. The van der Waals surface area contributed by atoms with Gasteiger partial charge in [0.1, 0.15) is 30.9 Å². The number of likely N-dealkylation sites (tertiary alicyclic amines) is 1. The third kappa shape index (κ3) is 11.2. The first kappa shape index (κ1) is 49.7. The maximum absolute atomic E-state index is 14.2. The number of piperazine rings is 2. The number of ether oxygens (including phenoxy) is 2. The molecule has 2 bridgehead atoms. The van der Waals surface area contributed by atoms with Crippen molar-refractivity contribution in [3.8, 4) is 39.2 Å². The Bertz CT molecular complexity index is 2840. The Morgan fingerprint density at radius 1 is 0.890 bits per heavy atom. The maximum atomic E-state index is 14.2. The van der Waals surface area contributed by atoms with E-state index in [1.807, 2.05) is 74.9 Å². The average Bonchev–Trinajstić information content (AvgIpc) is 4.20. The number of aliphatic hydroxyl groups excluding tert-OH is 1. The lowest BCUT2D eigenvalue weighted by Gasteiger charge is -2.43. The van der Waals surface area contributed by atoms with Crippen molar-refractivity contribution < 1.29 is 33.8 Å². The van der Waals surface area contributed by atoms with Crippen molar-refractivity contribution in [2.75, 3.05) is 87.7 Å². The fraction of sp³-hybridized carbons (Fsp3) is 0.453. The summed E-state index contributed by atoms with van der Waals surface area (Å²) in [7, 11) is 0. The van der Waals surface area contributed by atoms with Crippen LogP contribution in [0.4, 0.5) is 17.2 Å². The summed E-state index contributed by atoms with van der Waals surface area (Å²) in [5, 5.41) is 36.8. The van der Waals surface area contributed by atoms with Gasteiger partial charge in [-0.3, -0.25) is 19.4 Å².